The Morgan fingerprint density at radius 3 is 2.29 bits per heavy atom. The number of rotatable bonds is 4. The molecule has 0 aliphatic heterocycles. The van der Waals surface area contributed by atoms with Crippen molar-refractivity contribution in [3.63, 3.8) is 0 Å². The second-order valence-corrected chi connectivity index (χ2v) is 4.27. The summed E-state index contributed by atoms with van der Waals surface area (Å²) >= 11 is 0. The fourth-order valence-electron chi connectivity index (χ4n) is 0.785. The van der Waals surface area contributed by atoms with Gasteiger partial charge in [0.05, 0.1) is 13.1 Å². The van der Waals surface area contributed by atoms with Crippen LogP contribution in [0.5, 0.6) is 0 Å². The number of hydrogen-bond donors (Lipinski definition) is 1. The van der Waals surface area contributed by atoms with Gasteiger partial charge in [0.2, 0.25) is 5.91 Å². The van der Waals surface area contributed by atoms with Crippen molar-refractivity contribution in [2.45, 2.75) is 32.7 Å². The molecule has 0 aromatic carbocycles. The van der Waals surface area contributed by atoms with Crippen molar-refractivity contribution in [1.29, 1.82) is 0 Å². The van der Waals surface area contributed by atoms with Crippen LogP contribution in [0, 0.1) is 0 Å². The van der Waals surface area contributed by atoms with Crippen molar-refractivity contribution >= 4 is 5.91 Å². The van der Waals surface area contributed by atoms with Crippen LogP contribution in [0.1, 0.15) is 20.8 Å². The molecule has 0 aliphatic rings. The molecule has 0 radical (unpaired) electrons. The molecule has 0 fully saturated rings. The SMILES string of the molecule is CN(CC(F)F)C(=O)CNC(C)(C)C. The summed E-state index contributed by atoms with van der Waals surface area (Å²) in [5.74, 6) is -0.319. The molecule has 0 unspecified atom stereocenters. The van der Waals surface area contributed by atoms with Crippen molar-refractivity contribution < 1.29 is 13.6 Å². The standard InChI is InChI=1S/C9H18F2N2O/c1-9(2,3)12-5-8(14)13(4)6-7(10)11/h7,12H,5-6H2,1-4H3. The summed E-state index contributed by atoms with van der Waals surface area (Å²) in [5.41, 5.74) is -0.179. The van der Waals surface area contributed by atoms with E-state index in [1.165, 1.54) is 7.05 Å². The molecule has 0 atom stereocenters. The molecule has 0 heterocycles. The smallest absolute Gasteiger partial charge is 0.255 e. The summed E-state index contributed by atoms with van der Waals surface area (Å²) in [4.78, 5) is 12.3. The first-order valence-corrected chi connectivity index (χ1v) is 4.49. The minimum atomic E-state index is -2.47. The second-order valence-electron chi connectivity index (χ2n) is 4.27. The fraction of sp³-hybridized carbons (Fsp3) is 0.889. The normalized spacial score (nSPS) is 11.9. The van der Waals surface area contributed by atoms with Crippen molar-refractivity contribution in [2.24, 2.45) is 0 Å². The highest BCUT2D eigenvalue weighted by Gasteiger charge is 2.16. The summed E-state index contributed by atoms with van der Waals surface area (Å²) in [6.45, 7) is 5.31. The summed E-state index contributed by atoms with van der Waals surface area (Å²) in [5, 5.41) is 2.94. The third-order valence-corrected chi connectivity index (χ3v) is 1.61. The molecule has 0 aliphatic carbocycles. The summed E-state index contributed by atoms with van der Waals surface area (Å²) in [6, 6.07) is 0. The number of nitrogens with zero attached hydrogens (tertiary/aromatic N) is 1. The molecule has 84 valence electrons. The minimum absolute atomic E-state index is 0.0900. The first kappa shape index (κ1) is 13.3. The van der Waals surface area contributed by atoms with Crippen molar-refractivity contribution in [3.05, 3.63) is 0 Å². The first-order chi connectivity index (χ1) is 6.22. The largest absolute Gasteiger partial charge is 0.339 e. The van der Waals surface area contributed by atoms with E-state index in [1.54, 1.807) is 0 Å². The number of amides is 1. The Morgan fingerprint density at radius 2 is 1.93 bits per heavy atom. The third kappa shape index (κ3) is 6.77. The van der Waals surface area contributed by atoms with Gasteiger partial charge in [0.15, 0.2) is 0 Å². The molecule has 1 amide bonds. The predicted molar refractivity (Wildman–Crippen MR) is 51.4 cm³/mol. The van der Waals surface area contributed by atoms with Gasteiger partial charge in [0.25, 0.3) is 6.43 Å². The monoisotopic (exact) mass is 208 g/mol. The maximum Gasteiger partial charge on any atom is 0.255 e. The number of carbonyl (C=O) groups is 1. The van der Waals surface area contributed by atoms with Crippen LogP contribution < -0.4 is 5.32 Å². The fourth-order valence-corrected chi connectivity index (χ4v) is 0.785. The van der Waals surface area contributed by atoms with Crippen LogP contribution in [0.15, 0.2) is 0 Å². The molecule has 5 heteroatoms. The van der Waals surface area contributed by atoms with Gasteiger partial charge < -0.3 is 10.2 Å². The first-order valence-electron chi connectivity index (χ1n) is 4.49. The van der Waals surface area contributed by atoms with Gasteiger partial charge in [-0.15, -0.1) is 0 Å². The maximum absolute atomic E-state index is 11.9. The van der Waals surface area contributed by atoms with E-state index in [9.17, 15) is 13.6 Å². The average molecular weight is 208 g/mol. The molecule has 0 aromatic rings. The quantitative estimate of drug-likeness (QED) is 0.750. The average Bonchev–Trinajstić information content (AvgIpc) is 1.97. The molecule has 0 rings (SSSR count). The Balaban J connectivity index is 3.85. The van der Waals surface area contributed by atoms with Crippen LogP contribution >= 0.6 is 0 Å². The zero-order valence-electron chi connectivity index (χ0n) is 9.10. The Bertz CT molecular complexity index is 190. The molecule has 0 aromatic heterocycles. The van der Waals surface area contributed by atoms with E-state index in [-0.39, 0.29) is 18.0 Å². The van der Waals surface area contributed by atoms with Crippen LogP contribution in [-0.4, -0.2) is 42.9 Å². The number of halogens is 2. The number of alkyl halides is 2. The number of hydrogen-bond acceptors (Lipinski definition) is 2. The van der Waals surface area contributed by atoms with Gasteiger partial charge in [0.1, 0.15) is 0 Å². The Labute approximate surface area is 83.5 Å². The maximum atomic E-state index is 11.9. The van der Waals surface area contributed by atoms with Gasteiger partial charge in [-0.25, -0.2) is 8.78 Å². The zero-order valence-corrected chi connectivity index (χ0v) is 9.10. The lowest BCUT2D eigenvalue weighted by Gasteiger charge is -2.23. The van der Waals surface area contributed by atoms with Crippen molar-refractivity contribution in [2.75, 3.05) is 20.1 Å². The van der Waals surface area contributed by atoms with Gasteiger partial charge in [-0.05, 0) is 20.8 Å². The topological polar surface area (TPSA) is 32.3 Å². The highest BCUT2D eigenvalue weighted by molar-refractivity contribution is 5.78. The van der Waals surface area contributed by atoms with Crippen LogP contribution in [0.4, 0.5) is 8.78 Å². The van der Waals surface area contributed by atoms with Gasteiger partial charge in [-0.3, -0.25) is 4.79 Å². The molecule has 0 bridgehead atoms. The highest BCUT2D eigenvalue weighted by Crippen LogP contribution is 1.99. The van der Waals surface area contributed by atoms with Gasteiger partial charge in [0, 0.05) is 12.6 Å². The van der Waals surface area contributed by atoms with Crippen LogP contribution in [0.3, 0.4) is 0 Å². The Kier molecular flexibility index (Phi) is 4.97. The lowest BCUT2D eigenvalue weighted by Crippen LogP contribution is -2.44. The molecule has 0 saturated carbocycles. The third-order valence-electron chi connectivity index (χ3n) is 1.61. The lowest BCUT2D eigenvalue weighted by atomic mass is 10.1. The highest BCUT2D eigenvalue weighted by atomic mass is 19.3. The molecule has 3 nitrogen and oxygen atoms in total. The predicted octanol–water partition coefficient (Wildman–Crippen LogP) is 1.10. The summed E-state index contributed by atoms with van der Waals surface area (Å²) < 4.78 is 23.8. The molecule has 0 saturated heterocycles. The van der Waals surface area contributed by atoms with E-state index < -0.39 is 13.0 Å². The molecular weight excluding hydrogens is 190 g/mol. The minimum Gasteiger partial charge on any atom is -0.339 e. The number of nitrogens with one attached hydrogen (secondary N) is 1. The van der Waals surface area contributed by atoms with E-state index in [4.69, 9.17) is 0 Å². The van der Waals surface area contributed by atoms with Gasteiger partial charge in [-0.2, -0.15) is 0 Å². The summed E-state index contributed by atoms with van der Waals surface area (Å²) in [6.07, 6.45) is -2.47. The van der Waals surface area contributed by atoms with Crippen molar-refractivity contribution in [1.82, 2.24) is 10.2 Å². The van der Waals surface area contributed by atoms with Crippen LogP contribution in [0.25, 0.3) is 0 Å². The van der Waals surface area contributed by atoms with Gasteiger partial charge in [-0.1, -0.05) is 0 Å². The summed E-state index contributed by atoms with van der Waals surface area (Å²) in [7, 11) is 1.37. The van der Waals surface area contributed by atoms with E-state index >= 15 is 0 Å². The van der Waals surface area contributed by atoms with E-state index in [0.717, 1.165) is 4.90 Å². The Hall–Kier alpha value is -0.710. The van der Waals surface area contributed by atoms with Crippen LogP contribution in [0.2, 0.25) is 0 Å². The number of carbonyl (C=O) groups excluding carboxylic acids is 1. The molecule has 14 heavy (non-hydrogen) atoms. The van der Waals surface area contributed by atoms with E-state index in [2.05, 4.69) is 5.32 Å². The van der Waals surface area contributed by atoms with E-state index in [1.807, 2.05) is 20.8 Å². The van der Waals surface area contributed by atoms with E-state index in [0.29, 0.717) is 0 Å². The Morgan fingerprint density at radius 1 is 1.43 bits per heavy atom. The molecule has 0 spiro atoms. The lowest BCUT2D eigenvalue weighted by molar-refractivity contribution is -0.130. The number of likely N-dealkylation sites (N-methyl/N-ethyl adjacent to an activating group) is 1. The van der Waals surface area contributed by atoms with Gasteiger partial charge >= 0.3 is 0 Å². The molecule has 1 N–H and O–H groups in total. The zero-order chi connectivity index (χ0) is 11.4. The van der Waals surface area contributed by atoms with Crippen LogP contribution in [-0.2, 0) is 4.79 Å². The molecular formula is C9H18F2N2O. The van der Waals surface area contributed by atoms with Crippen molar-refractivity contribution in [3.8, 4) is 0 Å². The second kappa shape index (κ2) is 5.24.